The molecule has 0 heterocycles. The van der Waals surface area contributed by atoms with Gasteiger partial charge in [-0.2, -0.15) is 0 Å². The molecule has 0 aromatic heterocycles. The van der Waals surface area contributed by atoms with Gasteiger partial charge in [-0.3, -0.25) is 5.73 Å². The first-order valence-corrected chi connectivity index (χ1v) is 3.49. The van der Waals surface area contributed by atoms with Crippen LogP contribution in [0.15, 0.2) is 0 Å². The summed E-state index contributed by atoms with van der Waals surface area (Å²) in [4.78, 5) is 10.0. The zero-order valence-corrected chi connectivity index (χ0v) is 7.96. The van der Waals surface area contributed by atoms with Crippen LogP contribution in [0.25, 0.3) is 0 Å². The Labute approximate surface area is 86.2 Å². The first-order valence-electron chi connectivity index (χ1n) is 3.49. The molecule has 7 nitrogen and oxygen atoms in total. The van der Waals surface area contributed by atoms with Crippen LogP contribution in [0.5, 0.6) is 0 Å². The second-order valence-electron chi connectivity index (χ2n) is 2.66. The summed E-state index contributed by atoms with van der Waals surface area (Å²) in [5.74, 6) is 0. The fraction of sp³-hybridized carbons (Fsp3) is 0.833. The van der Waals surface area contributed by atoms with Gasteiger partial charge in [0.05, 0.1) is 6.61 Å². The second-order valence-corrected chi connectivity index (χ2v) is 2.66. The summed E-state index contributed by atoms with van der Waals surface area (Å²) in [7, 11) is 0. The average molecular weight is 232 g/mol. The molecular formula is C6H14ClNO6. The molecule has 0 rings (SSSR count). The minimum atomic E-state index is -2.68. The van der Waals surface area contributed by atoms with Crippen LogP contribution < -0.4 is 5.73 Å². The van der Waals surface area contributed by atoms with Gasteiger partial charge in [0.2, 0.25) is 0 Å². The van der Waals surface area contributed by atoms with E-state index in [4.69, 9.17) is 31.3 Å². The third-order valence-corrected chi connectivity index (χ3v) is 1.63. The summed E-state index contributed by atoms with van der Waals surface area (Å²) in [6.45, 7) is -0.855. The SMILES string of the molecule is Cl.N[C@](O)([C@H](O)[C@H](O)CO)[C@@H](O)C=O. The van der Waals surface area contributed by atoms with Crippen molar-refractivity contribution in [1.82, 2.24) is 0 Å². The number of aliphatic hydroxyl groups excluding tert-OH is 4. The predicted molar refractivity (Wildman–Crippen MR) is 47.6 cm³/mol. The van der Waals surface area contributed by atoms with Gasteiger partial charge in [0.1, 0.15) is 12.2 Å². The molecule has 4 atom stereocenters. The molecular weight excluding hydrogens is 218 g/mol. The number of hydrogen-bond acceptors (Lipinski definition) is 7. The van der Waals surface area contributed by atoms with E-state index in [0.29, 0.717) is 0 Å². The van der Waals surface area contributed by atoms with Gasteiger partial charge in [-0.15, -0.1) is 12.4 Å². The molecule has 0 unspecified atom stereocenters. The molecule has 0 aliphatic carbocycles. The monoisotopic (exact) mass is 231 g/mol. The second kappa shape index (κ2) is 6.25. The largest absolute Gasteiger partial charge is 0.394 e. The van der Waals surface area contributed by atoms with Crippen molar-refractivity contribution in [3.05, 3.63) is 0 Å². The van der Waals surface area contributed by atoms with Crippen LogP contribution in [0.4, 0.5) is 0 Å². The van der Waals surface area contributed by atoms with Crippen LogP contribution in [0.2, 0.25) is 0 Å². The molecule has 0 radical (unpaired) electrons. The zero-order valence-electron chi connectivity index (χ0n) is 7.15. The van der Waals surface area contributed by atoms with E-state index in [1.807, 2.05) is 0 Å². The Hall–Kier alpha value is -0.280. The third-order valence-electron chi connectivity index (χ3n) is 1.63. The summed E-state index contributed by atoms with van der Waals surface area (Å²) in [6, 6.07) is 0. The maximum absolute atomic E-state index is 10.0. The Kier molecular flexibility index (Phi) is 7.21. The van der Waals surface area contributed by atoms with Crippen molar-refractivity contribution >= 4 is 18.7 Å². The van der Waals surface area contributed by atoms with Gasteiger partial charge in [-0.25, -0.2) is 0 Å². The van der Waals surface area contributed by atoms with Crippen molar-refractivity contribution in [1.29, 1.82) is 0 Å². The molecule has 0 aromatic carbocycles. The van der Waals surface area contributed by atoms with Crippen molar-refractivity contribution < 1.29 is 30.3 Å². The summed E-state index contributed by atoms with van der Waals surface area (Å²) in [5, 5.41) is 44.2. The number of halogens is 1. The standard InChI is InChI=1S/C6H13NO6.ClH/c7-6(13,4(11)2-9)5(12)3(10)1-8;/h2-5,8,10-13H,1,7H2;1H/t3-,4+,5-,6-;/m1./s1. The molecule has 0 spiro atoms. The van der Waals surface area contributed by atoms with Crippen LogP contribution in [-0.2, 0) is 4.79 Å². The van der Waals surface area contributed by atoms with E-state index >= 15 is 0 Å². The Morgan fingerprint density at radius 1 is 1.36 bits per heavy atom. The highest BCUT2D eigenvalue weighted by Gasteiger charge is 2.42. The Balaban J connectivity index is 0. The lowest BCUT2D eigenvalue weighted by atomic mass is 9.97. The quantitative estimate of drug-likeness (QED) is 0.211. The van der Waals surface area contributed by atoms with Gasteiger partial charge >= 0.3 is 0 Å². The van der Waals surface area contributed by atoms with Crippen molar-refractivity contribution in [3.8, 4) is 0 Å². The van der Waals surface area contributed by atoms with Crippen LogP contribution >= 0.6 is 12.4 Å². The van der Waals surface area contributed by atoms with Gasteiger partial charge in [0, 0.05) is 0 Å². The number of hydrogen-bond donors (Lipinski definition) is 6. The normalized spacial score (nSPS) is 21.3. The lowest BCUT2D eigenvalue weighted by molar-refractivity contribution is -0.178. The Morgan fingerprint density at radius 2 is 1.79 bits per heavy atom. The van der Waals surface area contributed by atoms with Gasteiger partial charge in [0.25, 0.3) is 0 Å². The van der Waals surface area contributed by atoms with Gasteiger partial charge in [0.15, 0.2) is 18.1 Å². The number of rotatable bonds is 5. The van der Waals surface area contributed by atoms with Gasteiger partial charge in [-0.1, -0.05) is 0 Å². The molecule has 0 saturated carbocycles. The number of nitrogens with two attached hydrogens (primary N) is 1. The molecule has 86 valence electrons. The molecule has 14 heavy (non-hydrogen) atoms. The molecule has 0 fully saturated rings. The number of carbonyl (C=O) groups excluding carboxylic acids is 1. The number of aliphatic hydroxyl groups is 5. The molecule has 7 N–H and O–H groups in total. The van der Waals surface area contributed by atoms with Crippen molar-refractivity contribution in [2.75, 3.05) is 6.61 Å². The van der Waals surface area contributed by atoms with E-state index in [9.17, 15) is 4.79 Å². The first-order chi connectivity index (χ1) is 5.87. The highest BCUT2D eigenvalue weighted by molar-refractivity contribution is 5.85. The van der Waals surface area contributed by atoms with E-state index in [1.54, 1.807) is 0 Å². The Morgan fingerprint density at radius 3 is 2.07 bits per heavy atom. The number of carbonyl (C=O) groups is 1. The Bertz CT molecular complexity index is 178. The maximum atomic E-state index is 10.0. The van der Waals surface area contributed by atoms with E-state index < -0.39 is 30.6 Å². The van der Waals surface area contributed by atoms with Crippen molar-refractivity contribution in [2.24, 2.45) is 5.73 Å². The van der Waals surface area contributed by atoms with Gasteiger partial charge < -0.3 is 30.3 Å². The zero-order chi connectivity index (χ0) is 10.6. The summed E-state index contributed by atoms with van der Waals surface area (Å²) in [6.07, 6.45) is -5.88. The van der Waals surface area contributed by atoms with Crippen molar-refractivity contribution in [3.63, 3.8) is 0 Å². The topological polar surface area (TPSA) is 144 Å². The lowest BCUT2D eigenvalue weighted by Gasteiger charge is -2.32. The van der Waals surface area contributed by atoms with Gasteiger partial charge in [-0.05, 0) is 0 Å². The van der Waals surface area contributed by atoms with Crippen molar-refractivity contribution in [2.45, 2.75) is 24.0 Å². The van der Waals surface area contributed by atoms with E-state index in [1.165, 1.54) is 0 Å². The number of aldehydes is 1. The van der Waals surface area contributed by atoms with Crippen LogP contribution in [0.1, 0.15) is 0 Å². The summed E-state index contributed by atoms with van der Waals surface area (Å²) in [5.41, 5.74) is 2.27. The van der Waals surface area contributed by atoms with Crippen LogP contribution in [0.3, 0.4) is 0 Å². The molecule has 0 aliphatic heterocycles. The summed E-state index contributed by atoms with van der Waals surface area (Å²) < 4.78 is 0. The maximum Gasteiger partial charge on any atom is 0.175 e. The molecule has 0 amide bonds. The minimum Gasteiger partial charge on any atom is -0.394 e. The fourth-order valence-electron chi connectivity index (χ4n) is 0.692. The minimum absolute atomic E-state index is 0. The molecule has 0 aliphatic rings. The molecule has 0 bridgehead atoms. The van der Waals surface area contributed by atoms with E-state index in [0.717, 1.165) is 0 Å². The first kappa shape index (κ1) is 16.2. The van der Waals surface area contributed by atoms with E-state index in [2.05, 4.69) is 0 Å². The third kappa shape index (κ3) is 3.46. The predicted octanol–water partition coefficient (Wildman–Crippen LogP) is -3.67. The lowest BCUT2D eigenvalue weighted by Crippen LogP contribution is -2.64. The molecule has 8 heteroatoms. The van der Waals surface area contributed by atoms with E-state index in [-0.39, 0.29) is 18.7 Å². The highest BCUT2D eigenvalue weighted by atomic mass is 35.5. The summed E-state index contributed by atoms with van der Waals surface area (Å²) >= 11 is 0. The average Bonchev–Trinajstić information content (AvgIpc) is 2.13. The van der Waals surface area contributed by atoms with Crippen LogP contribution in [0, 0.1) is 0 Å². The molecule has 0 aromatic rings. The smallest absolute Gasteiger partial charge is 0.175 e. The highest BCUT2D eigenvalue weighted by Crippen LogP contribution is 2.11. The molecule has 0 saturated heterocycles. The fourth-order valence-corrected chi connectivity index (χ4v) is 0.692. The van der Waals surface area contributed by atoms with Crippen LogP contribution in [-0.4, -0.2) is 62.5 Å².